The second kappa shape index (κ2) is 10.8. The molecular weight excluding hydrogens is 397 g/mol. The van der Waals surface area contributed by atoms with Crippen LogP contribution in [0.25, 0.3) is 0 Å². The molecule has 1 atom stereocenters. The van der Waals surface area contributed by atoms with Crippen LogP contribution in [-0.2, 0) is 0 Å². The fourth-order valence-corrected chi connectivity index (χ4v) is 2.87. The SMILES string of the molecule is CC(C#Cc1ccc(Oc2ccccc2)c(Cl)c1)NC(=O)N1CCNCC1.Cl. The van der Waals surface area contributed by atoms with Gasteiger partial charge in [-0.2, -0.15) is 0 Å². The Bertz CT molecular complexity index is 844. The number of urea groups is 1. The van der Waals surface area contributed by atoms with Crippen molar-refractivity contribution in [1.29, 1.82) is 0 Å². The third-order valence-electron chi connectivity index (χ3n) is 4.08. The Balaban J connectivity index is 0.00000280. The molecule has 5 nitrogen and oxygen atoms in total. The van der Waals surface area contributed by atoms with Crippen LogP contribution in [0.5, 0.6) is 11.5 Å². The molecule has 0 bridgehead atoms. The molecule has 0 radical (unpaired) electrons. The number of hydrogen-bond acceptors (Lipinski definition) is 3. The van der Waals surface area contributed by atoms with Crippen LogP contribution in [-0.4, -0.2) is 43.2 Å². The van der Waals surface area contributed by atoms with Gasteiger partial charge in [0.15, 0.2) is 0 Å². The van der Waals surface area contributed by atoms with Crippen LogP contribution in [0.1, 0.15) is 12.5 Å². The highest BCUT2D eigenvalue weighted by molar-refractivity contribution is 6.32. The van der Waals surface area contributed by atoms with Gasteiger partial charge in [0.2, 0.25) is 0 Å². The van der Waals surface area contributed by atoms with Gasteiger partial charge in [-0.15, -0.1) is 12.4 Å². The molecule has 3 rings (SSSR count). The number of ether oxygens (including phenoxy) is 1. The summed E-state index contributed by atoms with van der Waals surface area (Å²) in [5, 5.41) is 6.62. The summed E-state index contributed by atoms with van der Waals surface area (Å²) in [7, 11) is 0. The number of rotatable bonds is 3. The van der Waals surface area contributed by atoms with Crippen molar-refractivity contribution in [3.8, 4) is 23.3 Å². The summed E-state index contributed by atoms with van der Waals surface area (Å²) in [6.45, 7) is 4.93. The van der Waals surface area contributed by atoms with Crippen molar-refractivity contribution in [2.24, 2.45) is 0 Å². The van der Waals surface area contributed by atoms with Gasteiger partial charge < -0.3 is 20.3 Å². The molecule has 0 spiro atoms. The molecule has 1 saturated heterocycles. The van der Waals surface area contributed by atoms with Gasteiger partial charge in [0.05, 0.1) is 11.1 Å². The molecule has 0 aromatic heterocycles. The monoisotopic (exact) mass is 419 g/mol. The summed E-state index contributed by atoms with van der Waals surface area (Å²) in [6.07, 6.45) is 0. The van der Waals surface area contributed by atoms with E-state index in [1.807, 2.05) is 43.3 Å². The number of carbonyl (C=O) groups is 1. The van der Waals surface area contributed by atoms with Gasteiger partial charge in [0.25, 0.3) is 0 Å². The highest BCUT2D eigenvalue weighted by Gasteiger charge is 2.16. The molecule has 2 aromatic rings. The van der Waals surface area contributed by atoms with Crippen molar-refractivity contribution in [1.82, 2.24) is 15.5 Å². The number of amides is 2. The Kier molecular flexibility index (Phi) is 8.46. The van der Waals surface area contributed by atoms with Crippen LogP contribution in [0.2, 0.25) is 5.02 Å². The van der Waals surface area contributed by atoms with E-state index in [4.69, 9.17) is 16.3 Å². The van der Waals surface area contributed by atoms with Gasteiger partial charge in [0.1, 0.15) is 11.5 Å². The number of halogens is 2. The summed E-state index contributed by atoms with van der Waals surface area (Å²) in [6, 6.07) is 14.5. The topological polar surface area (TPSA) is 53.6 Å². The summed E-state index contributed by atoms with van der Waals surface area (Å²) in [5.41, 5.74) is 0.767. The van der Waals surface area contributed by atoms with Gasteiger partial charge in [-0.3, -0.25) is 0 Å². The highest BCUT2D eigenvalue weighted by Crippen LogP contribution is 2.29. The third kappa shape index (κ3) is 6.35. The molecule has 1 aliphatic rings. The standard InChI is InChI=1S/C21H22ClN3O2.ClH/c1-16(24-21(26)25-13-11-23-12-14-25)7-8-17-9-10-20(19(22)15-17)27-18-5-3-2-4-6-18;/h2-6,9-10,15-16,23H,11-14H2,1H3,(H,24,26);1H. The third-order valence-corrected chi connectivity index (χ3v) is 4.38. The number of benzene rings is 2. The Labute approximate surface area is 176 Å². The predicted octanol–water partition coefficient (Wildman–Crippen LogP) is 3.91. The molecular formula is C21H23Cl2N3O2. The van der Waals surface area contributed by atoms with E-state index < -0.39 is 0 Å². The number of carbonyl (C=O) groups excluding carboxylic acids is 1. The van der Waals surface area contributed by atoms with Crippen LogP contribution < -0.4 is 15.4 Å². The van der Waals surface area contributed by atoms with E-state index in [9.17, 15) is 4.79 Å². The lowest BCUT2D eigenvalue weighted by atomic mass is 10.2. The van der Waals surface area contributed by atoms with E-state index in [1.54, 1.807) is 17.0 Å². The number of hydrogen-bond donors (Lipinski definition) is 2. The van der Waals surface area contributed by atoms with E-state index in [0.717, 1.165) is 24.4 Å². The molecule has 2 amide bonds. The lowest BCUT2D eigenvalue weighted by Gasteiger charge is -2.28. The normalized spacial score (nSPS) is 14.1. The van der Waals surface area contributed by atoms with Crippen LogP contribution in [0.15, 0.2) is 48.5 Å². The predicted molar refractivity (Wildman–Crippen MR) is 115 cm³/mol. The quantitative estimate of drug-likeness (QED) is 0.741. The lowest BCUT2D eigenvalue weighted by molar-refractivity contribution is 0.189. The zero-order valence-corrected chi connectivity index (χ0v) is 17.1. The molecule has 28 heavy (non-hydrogen) atoms. The molecule has 1 unspecified atom stereocenters. The van der Waals surface area contributed by atoms with Gasteiger partial charge in [-0.1, -0.05) is 41.6 Å². The van der Waals surface area contributed by atoms with Crippen molar-refractivity contribution < 1.29 is 9.53 Å². The average Bonchev–Trinajstić information content (AvgIpc) is 2.70. The fourth-order valence-electron chi connectivity index (χ4n) is 2.65. The first-order valence-electron chi connectivity index (χ1n) is 8.92. The van der Waals surface area contributed by atoms with E-state index in [0.29, 0.717) is 23.9 Å². The number of para-hydroxylation sites is 1. The first-order valence-corrected chi connectivity index (χ1v) is 9.30. The van der Waals surface area contributed by atoms with Crippen molar-refractivity contribution in [2.45, 2.75) is 13.0 Å². The van der Waals surface area contributed by atoms with Crippen LogP contribution in [0, 0.1) is 11.8 Å². The minimum atomic E-state index is -0.258. The highest BCUT2D eigenvalue weighted by atomic mass is 35.5. The fraction of sp³-hybridized carbons (Fsp3) is 0.286. The van der Waals surface area contributed by atoms with E-state index in [1.165, 1.54) is 0 Å². The minimum absolute atomic E-state index is 0. The first-order chi connectivity index (χ1) is 13.1. The number of piperazine rings is 1. The molecule has 148 valence electrons. The summed E-state index contributed by atoms with van der Waals surface area (Å²) < 4.78 is 5.76. The first kappa shape index (κ1) is 21.9. The zero-order valence-electron chi connectivity index (χ0n) is 15.6. The average molecular weight is 420 g/mol. The molecule has 7 heteroatoms. The summed E-state index contributed by atoms with van der Waals surface area (Å²) in [5.74, 6) is 7.39. The van der Waals surface area contributed by atoms with Crippen LogP contribution in [0.4, 0.5) is 4.79 Å². The van der Waals surface area contributed by atoms with Crippen molar-refractivity contribution in [3.05, 3.63) is 59.1 Å². The van der Waals surface area contributed by atoms with E-state index >= 15 is 0 Å². The maximum atomic E-state index is 12.2. The molecule has 1 fully saturated rings. The second-order valence-corrected chi connectivity index (χ2v) is 6.65. The Morgan fingerprint density at radius 3 is 2.61 bits per heavy atom. The maximum absolute atomic E-state index is 12.2. The number of nitrogens with zero attached hydrogens (tertiary/aromatic N) is 1. The van der Waals surface area contributed by atoms with Crippen LogP contribution in [0.3, 0.4) is 0 Å². The largest absolute Gasteiger partial charge is 0.456 e. The second-order valence-electron chi connectivity index (χ2n) is 6.24. The molecule has 0 saturated carbocycles. The smallest absolute Gasteiger partial charge is 0.318 e. The minimum Gasteiger partial charge on any atom is -0.456 e. The Morgan fingerprint density at radius 1 is 1.21 bits per heavy atom. The van der Waals surface area contributed by atoms with Crippen molar-refractivity contribution >= 4 is 30.0 Å². The molecule has 1 heterocycles. The lowest BCUT2D eigenvalue weighted by Crippen LogP contribution is -2.51. The zero-order chi connectivity index (χ0) is 19.1. The Morgan fingerprint density at radius 2 is 1.93 bits per heavy atom. The number of nitrogens with one attached hydrogen (secondary N) is 2. The van der Waals surface area contributed by atoms with Gasteiger partial charge in [-0.05, 0) is 37.3 Å². The molecule has 1 aliphatic heterocycles. The van der Waals surface area contributed by atoms with Crippen molar-refractivity contribution in [2.75, 3.05) is 26.2 Å². The summed E-state index contributed by atoms with van der Waals surface area (Å²) >= 11 is 6.31. The summed E-state index contributed by atoms with van der Waals surface area (Å²) in [4.78, 5) is 14.0. The Hall–Kier alpha value is -2.39. The molecule has 2 N–H and O–H groups in total. The van der Waals surface area contributed by atoms with Gasteiger partial charge in [0, 0.05) is 31.7 Å². The van der Waals surface area contributed by atoms with Crippen LogP contribution >= 0.6 is 24.0 Å². The molecule has 0 aliphatic carbocycles. The molecule has 2 aromatic carbocycles. The van der Waals surface area contributed by atoms with E-state index in [-0.39, 0.29) is 24.5 Å². The van der Waals surface area contributed by atoms with Gasteiger partial charge in [-0.25, -0.2) is 4.79 Å². The maximum Gasteiger partial charge on any atom is 0.318 e. The van der Waals surface area contributed by atoms with Gasteiger partial charge >= 0.3 is 6.03 Å². The van der Waals surface area contributed by atoms with Crippen molar-refractivity contribution in [3.63, 3.8) is 0 Å². The van der Waals surface area contributed by atoms with E-state index in [2.05, 4.69) is 22.5 Å².